The molecule has 0 atom stereocenters. The second kappa shape index (κ2) is 8.45. The molecule has 0 fully saturated rings. The zero-order chi connectivity index (χ0) is 23.0. The Morgan fingerprint density at radius 3 is 2.66 bits per heavy atom. The largest absolute Gasteiger partial charge is 0.495 e. The van der Waals surface area contributed by atoms with Crippen LogP contribution < -0.4 is 20.7 Å². The van der Waals surface area contributed by atoms with E-state index in [2.05, 4.69) is 20.6 Å². The molecule has 0 radical (unpaired) electrons. The third-order valence-electron chi connectivity index (χ3n) is 5.17. The summed E-state index contributed by atoms with van der Waals surface area (Å²) >= 11 is 6.33. The third kappa shape index (κ3) is 4.29. The Morgan fingerprint density at radius 1 is 1.16 bits per heavy atom. The molecule has 0 spiro atoms. The first kappa shape index (κ1) is 22.1. The molecule has 3 aromatic rings. The number of carbonyl (C=O) groups is 1. The van der Waals surface area contributed by atoms with Crippen molar-refractivity contribution in [1.82, 2.24) is 14.9 Å². The molecule has 32 heavy (non-hydrogen) atoms. The summed E-state index contributed by atoms with van der Waals surface area (Å²) in [5.41, 5.74) is 2.81. The quantitative estimate of drug-likeness (QED) is 0.512. The minimum Gasteiger partial charge on any atom is -0.495 e. The maximum atomic E-state index is 12.5. The monoisotopic (exact) mass is 471 g/mol. The molecule has 0 saturated heterocycles. The summed E-state index contributed by atoms with van der Waals surface area (Å²) in [7, 11) is 0.879. The van der Waals surface area contributed by atoms with Gasteiger partial charge in [0, 0.05) is 18.9 Å². The van der Waals surface area contributed by atoms with Crippen molar-refractivity contribution < 1.29 is 14.1 Å². The van der Waals surface area contributed by atoms with E-state index >= 15 is 0 Å². The highest BCUT2D eigenvalue weighted by Gasteiger charge is 2.27. The average Bonchev–Trinajstić information content (AvgIpc) is 3.04. The van der Waals surface area contributed by atoms with Crippen LogP contribution in [0.5, 0.6) is 5.75 Å². The molecule has 0 unspecified atom stereocenters. The minimum atomic E-state index is -2.43. The van der Waals surface area contributed by atoms with E-state index in [1.54, 1.807) is 50.6 Å². The van der Waals surface area contributed by atoms with Gasteiger partial charge in [-0.05, 0) is 43.2 Å². The molecule has 1 aliphatic rings. The van der Waals surface area contributed by atoms with Crippen LogP contribution in [0.2, 0.25) is 5.02 Å². The number of anilines is 4. The Balaban J connectivity index is 1.64. The molecule has 1 aliphatic heterocycles. The number of fused-ring (bicyclic) bond motifs is 1. The van der Waals surface area contributed by atoms with Crippen LogP contribution in [0.15, 0.2) is 42.6 Å². The van der Waals surface area contributed by atoms with E-state index < -0.39 is 7.14 Å². The molecular formula is C22H23ClN5O3P. The summed E-state index contributed by atoms with van der Waals surface area (Å²) in [5, 5.41) is 7.31. The highest BCUT2D eigenvalue weighted by Crippen LogP contribution is 2.38. The molecule has 1 aromatic heterocycles. The van der Waals surface area contributed by atoms with Gasteiger partial charge in [0.15, 0.2) is 5.82 Å². The molecule has 2 N–H and O–H groups in total. The van der Waals surface area contributed by atoms with E-state index in [4.69, 9.17) is 16.3 Å². The number of nitrogens with zero attached hydrogens (tertiary/aromatic N) is 3. The van der Waals surface area contributed by atoms with Gasteiger partial charge in [-0.15, -0.1) is 0 Å². The summed E-state index contributed by atoms with van der Waals surface area (Å²) in [4.78, 5) is 22.9. The third-order valence-corrected chi connectivity index (χ3v) is 6.97. The Morgan fingerprint density at radius 2 is 1.94 bits per heavy atom. The van der Waals surface area contributed by atoms with Crippen LogP contribution in [0.4, 0.5) is 23.1 Å². The summed E-state index contributed by atoms with van der Waals surface area (Å²) in [6, 6.07) is 10.9. The Kier molecular flexibility index (Phi) is 5.84. The van der Waals surface area contributed by atoms with Crippen LogP contribution >= 0.6 is 18.7 Å². The van der Waals surface area contributed by atoms with Gasteiger partial charge in [-0.1, -0.05) is 23.7 Å². The van der Waals surface area contributed by atoms with E-state index in [1.165, 1.54) is 6.20 Å². The first-order valence-electron chi connectivity index (χ1n) is 9.85. The van der Waals surface area contributed by atoms with E-state index in [-0.39, 0.29) is 11.9 Å². The Hall–Kier alpha value is -3.09. The fourth-order valence-electron chi connectivity index (χ4n) is 3.49. The van der Waals surface area contributed by atoms with Gasteiger partial charge < -0.3 is 24.8 Å². The van der Waals surface area contributed by atoms with Crippen LogP contribution in [0.1, 0.15) is 15.9 Å². The maximum Gasteiger partial charge on any atom is 0.256 e. The number of hydrogen-bond donors (Lipinski definition) is 2. The molecule has 2 heterocycles. The van der Waals surface area contributed by atoms with Crippen molar-refractivity contribution >= 4 is 53.1 Å². The van der Waals surface area contributed by atoms with Gasteiger partial charge in [0.1, 0.15) is 17.9 Å². The summed E-state index contributed by atoms with van der Waals surface area (Å²) in [6.45, 7) is 3.97. The number of benzene rings is 2. The number of rotatable bonds is 6. The topological polar surface area (TPSA) is 96.4 Å². The fourth-order valence-corrected chi connectivity index (χ4v) is 4.49. The number of amides is 1. The molecule has 8 nitrogen and oxygen atoms in total. The van der Waals surface area contributed by atoms with Crippen molar-refractivity contribution in [2.45, 2.75) is 6.54 Å². The lowest BCUT2D eigenvalue weighted by molar-refractivity contribution is 0.0817. The van der Waals surface area contributed by atoms with Gasteiger partial charge in [-0.3, -0.25) is 4.79 Å². The number of ether oxygens (including phenoxy) is 1. The number of nitrogens with one attached hydrogen (secondary N) is 2. The fraction of sp³-hybridized carbons (Fsp3) is 0.227. The number of hydrogen-bond acceptors (Lipinski definition) is 7. The van der Waals surface area contributed by atoms with Crippen LogP contribution in [0.25, 0.3) is 0 Å². The van der Waals surface area contributed by atoms with Crippen LogP contribution in [-0.4, -0.2) is 48.3 Å². The molecule has 0 saturated carbocycles. The smallest absolute Gasteiger partial charge is 0.256 e. The van der Waals surface area contributed by atoms with Crippen LogP contribution in [-0.2, 0) is 11.1 Å². The van der Waals surface area contributed by atoms with Crippen molar-refractivity contribution in [3.8, 4) is 5.75 Å². The molecule has 10 heteroatoms. The van der Waals surface area contributed by atoms with Gasteiger partial charge in [0.2, 0.25) is 5.95 Å². The predicted molar refractivity (Wildman–Crippen MR) is 128 cm³/mol. The van der Waals surface area contributed by atoms with Crippen molar-refractivity contribution in [3.63, 3.8) is 0 Å². The molecule has 2 aromatic carbocycles. The Bertz CT molecular complexity index is 1260. The van der Waals surface area contributed by atoms with Crippen molar-refractivity contribution in [1.29, 1.82) is 0 Å². The number of methoxy groups -OCH3 is 1. The zero-order valence-corrected chi connectivity index (χ0v) is 19.8. The standard InChI is InChI=1S/C22H23ClN5O3P/c1-28-12-13-6-5-7-17(19(13)21(28)29)25-20-15(23)11-24-22(27-20)26-16-9-8-14(32(3,4)30)10-18(16)31-2/h5-11H,12H2,1-4H3,(H2,24,25,26,27). The highest BCUT2D eigenvalue weighted by molar-refractivity contribution is 7.70. The second-order valence-corrected chi connectivity index (χ2v) is 11.5. The average molecular weight is 472 g/mol. The lowest BCUT2D eigenvalue weighted by atomic mass is 10.1. The van der Waals surface area contributed by atoms with E-state index in [0.717, 1.165) is 5.56 Å². The highest BCUT2D eigenvalue weighted by atomic mass is 35.5. The van der Waals surface area contributed by atoms with Gasteiger partial charge >= 0.3 is 0 Å². The summed E-state index contributed by atoms with van der Waals surface area (Å²) in [6.07, 6.45) is 1.48. The first-order chi connectivity index (χ1) is 15.2. The lowest BCUT2D eigenvalue weighted by Gasteiger charge is -2.15. The predicted octanol–water partition coefficient (Wildman–Crippen LogP) is 4.46. The van der Waals surface area contributed by atoms with Crippen LogP contribution in [0, 0.1) is 0 Å². The van der Waals surface area contributed by atoms with E-state index in [0.29, 0.717) is 45.4 Å². The van der Waals surface area contributed by atoms with Gasteiger partial charge in [-0.25, -0.2) is 4.98 Å². The Labute approximate surface area is 191 Å². The normalized spacial score (nSPS) is 13.2. The van der Waals surface area contributed by atoms with Crippen LogP contribution in [0.3, 0.4) is 0 Å². The van der Waals surface area contributed by atoms with Gasteiger partial charge in [0.05, 0.1) is 30.2 Å². The lowest BCUT2D eigenvalue weighted by Crippen LogP contribution is -2.18. The molecular weight excluding hydrogens is 449 g/mol. The number of halogens is 1. The summed E-state index contributed by atoms with van der Waals surface area (Å²) in [5.74, 6) is 1.12. The van der Waals surface area contributed by atoms with Gasteiger partial charge in [0.25, 0.3) is 5.91 Å². The maximum absolute atomic E-state index is 12.5. The van der Waals surface area contributed by atoms with Crippen molar-refractivity contribution in [3.05, 3.63) is 58.7 Å². The van der Waals surface area contributed by atoms with E-state index in [1.807, 2.05) is 18.2 Å². The molecule has 0 bridgehead atoms. The number of aromatic nitrogens is 2. The molecule has 1 amide bonds. The SMILES string of the molecule is COc1cc(P(C)(C)=O)ccc1Nc1ncc(Cl)c(Nc2cccc3c2C(=O)N(C)C3)n1. The van der Waals surface area contributed by atoms with Crippen molar-refractivity contribution in [2.24, 2.45) is 0 Å². The molecule has 166 valence electrons. The van der Waals surface area contributed by atoms with E-state index in [9.17, 15) is 9.36 Å². The zero-order valence-electron chi connectivity index (χ0n) is 18.1. The second-order valence-electron chi connectivity index (χ2n) is 7.88. The first-order valence-corrected chi connectivity index (χ1v) is 12.8. The number of carbonyl (C=O) groups excluding carboxylic acids is 1. The molecule has 4 rings (SSSR count). The van der Waals surface area contributed by atoms with Gasteiger partial charge in [-0.2, -0.15) is 4.98 Å². The molecule has 0 aliphatic carbocycles. The summed E-state index contributed by atoms with van der Waals surface area (Å²) < 4.78 is 17.8. The van der Waals surface area contributed by atoms with Crippen molar-refractivity contribution in [2.75, 3.05) is 38.1 Å². The minimum absolute atomic E-state index is 0.0550.